The molecule has 5 heteroatoms. The highest BCUT2D eigenvalue weighted by Crippen LogP contribution is 2.29. The van der Waals surface area contributed by atoms with Gasteiger partial charge in [-0.1, -0.05) is 47.5 Å². The van der Waals surface area contributed by atoms with Crippen LogP contribution in [-0.4, -0.2) is 24.4 Å². The number of hydrogen-bond acceptors (Lipinski definition) is 3. The summed E-state index contributed by atoms with van der Waals surface area (Å²) >= 11 is 3.47. The van der Waals surface area contributed by atoms with Crippen LogP contribution in [-0.2, 0) is 4.74 Å². The molecule has 0 radical (unpaired) electrons. The number of halogens is 1. The molecule has 0 spiro atoms. The van der Waals surface area contributed by atoms with E-state index in [1.807, 2.05) is 24.3 Å². The van der Waals surface area contributed by atoms with Crippen molar-refractivity contribution in [1.29, 1.82) is 0 Å². The topological polar surface area (TPSA) is 58.6 Å². The third-order valence-electron chi connectivity index (χ3n) is 2.93. The fraction of sp³-hybridized carbons (Fsp3) is 0.533. The number of nitrogens with one attached hydrogen (secondary N) is 1. The number of alkyl carbamates (subject to hydrolysis) is 1. The smallest absolute Gasteiger partial charge is 0.407 e. The molecule has 1 amide bonds. The van der Waals surface area contributed by atoms with E-state index in [0.717, 1.165) is 22.9 Å². The Balaban J connectivity index is 2.65. The van der Waals surface area contributed by atoms with Crippen LogP contribution in [0.4, 0.5) is 4.79 Å². The number of benzene rings is 1. The van der Waals surface area contributed by atoms with Gasteiger partial charge in [-0.25, -0.2) is 4.79 Å². The predicted octanol–water partition coefficient (Wildman–Crippen LogP) is 3.79. The van der Waals surface area contributed by atoms with Crippen molar-refractivity contribution < 1.29 is 14.6 Å². The molecule has 1 rings (SSSR count). The molecule has 0 aliphatic rings. The number of aliphatic hydroxyl groups is 1. The second-order valence-corrected chi connectivity index (χ2v) is 5.42. The van der Waals surface area contributed by atoms with Gasteiger partial charge in [-0.15, -0.1) is 0 Å². The molecular weight excluding hydrogens is 322 g/mol. The van der Waals surface area contributed by atoms with Gasteiger partial charge in [-0.3, -0.25) is 0 Å². The zero-order valence-corrected chi connectivity index (χ0v) is 13.4. The molecule has 20 heavy (non-hydrogen) atoms. The van der Waals surface area contributed by atoms with Crippen molar-refractivity contribution in [3.8, 4) is 0 Å². The number of carbonyl (C=O) groups excluding carboxylic acids is 1. The number of amides is 1. The van der Waals surface area contributed by atoms with Gasteiger partial charge < -0.3 is 15.2 Å². The van der Waals surface area contributed by atoms with Crippen molar-refractivity contribution in [3.05, 3.63) is 34.3 Å². The van der Waals surface area contributed by atoms with Crippen molar-refractivity contribution in [2.75, 3.05) is 13.2 Å². The Morgan fingerprint density at radius 2 is 2.15 bits per heavy atom. The maximum atomic E-state index is 11.8. The molecular formula is C15H22BrNO3. The minimum Gasteiger partial charge on any atom is -0.441 e. The van der Waals surface area contributed by atoms with E-state index in [1.54, 1.807) is 0 Å². The van der Waals surface area contributed by atoms with Gasteiger partial charge in [0.2, 0.25) is 0 Å². The molecule has 1 unspecified atom stereocenters. The molecule has 0 heterocycles. The second kappa shape index (κ2) is 9.77. The monoisotopic (exact) mass is 343 g/mol. The SMILES string of the molecule is CCCCNC(=O)OC(CCCO)c1ccccc1Br. The number of unbranched alkanes of at least 4 members (excludes halogenated alkanes) is 1. The van der Waals surface area contributed by atoms with Crippen molar-refractivity contribution in [3.63, 3.8) is 0 Å². The molecule has 4 nitrogen and oxygen atoms in total. The van der Waals surface area contributed by atoms with Crippen LogP contribution in [0.2, 0.25) is 0 Å². The van der Waals surface area contributed by atoms with E-state index >= 15 is 0 Å². The molecule has 1 aromatic carbocycles. The molecule has 1 aromatic rings. The minimum absolute atomic E-state index is 0.0851. The highest BCUT2D eigenvalue weighted by molar-refractivity contribution is 9.10. The maximum absolute atomic E-state index is 11.8. The molecule has 0 saturated carbocycles. The summed E-state index contributed by atoms with van der Waals surface area (Å²) in [6, 6.07) is 7.66. The molecule has 2 N–H and O–H groups in total. The van der Waals surface area contributed by atoms with Crippen LogP contribution in [0.15, 0.2) is 28.7 Å². The molecule has 0 saturated heterocycles. The average Bonchev–Trinajstić information content (AvgIpc) is 2.44. The lowest BCUT2D eigenvalue weighted by molar-refractivity contribution is 0.0870. The summed E-state index contributed by atoms with van der Waals surface area (Å²) in [7, 11) is 0. The zero-order valence-electron chi connectivity index (χ0n) is 11.8. The number of hydrogen-bond donors (Lipinski definition) is 2. The Morgan fingerprint density at radius 3 is 2.80 bits per heavy atom. The number of aliphatic hydroxyl groups excluding tert-OH is 1. The van der Waals surface area contributed by atoms with E-state index in [0.29, 0.717) is 19.4 Å². The summed E-state index contributed by atoms with van der Waals surface area (Å²) < 4.78 is 6.38. The number of rotatable bonds is 8. The summed E-state index contributed by atoms with van der Waals surface area (Å²) in [4.78, 5) is 11.8. The Morgan fingerprint density at radius 1 is 1.40 bits per heavy atom. The summed E-state index contributed by atoms with van der Waals surface area (Å²) in [6.45, 7) is 2.78. The lowest BCUT2D eigenvalue weighted by Crippen LogP contribution is -2.27. The number of ether oxygens (including phenoxy) is 1. The predicted molar refractivity (Wildman–Crippen MR) is 82.6 cm³/mol. The highest BCUT2D eigenvalue weighted by atomic mass is 79.9. The molecule has 112 valence electrons. The van der Waals surface area contributed by atoms with E-state index in [9.17, 15) is 4.79 Å². The van der Waals surface area contributed by atoms with E-state index in [-0.39, 0.29) is 12.7 Å². The van der Waals surface area contributed by atoms with Gasteiger partial charge in [-0.2, -0.15) is 0 Å². The van der Waals surface area contributed by atoms with Gasteiger partial charge >= 0.3 is 6.09 Å². The van der Waals surface area contributed by atoms with Gasteiger partial charge in [0.05, 0.1) is 0 Å². The van der Waals surface area contributed by atoms with Crippen LogP contribution in [0, 0.1) is 0 Å². The molecule has 0 fully saturated rings. The first-order chi connectivity index (χ1) is 9.69. The van der Waals surface area contributed by atoms with Crippen LogP contribution >= 0.6 is 15.9 Å². The molecule has 0 aromatic heterocycles. The molecule has 1 atom stereocenters. The van der Waals surface area contributed by atoms with E-state index in [2.05, 4.69) is 28.2 Å². The van der Waals surface area contributed by atoms with Crippen LogP contribution in [0.25, 0.3) is 0 Å². The lowest BCUT2D eigenvalue weighted by Gasteiger charge is -2.19. The van der Waals surface area contributed by atoms with Crippen molar-refractivity contribution >= 4 is 22.0 Å². The first-order valence-electron chi connectivity index (χ1n) is 6.98. The van der Waals surface area contributed by atoms with Crippen LogP contribution in [0.3, 0.4) is 0 Å². The van der Waals surface area contributed by atoms with Crippen LogP contribution in [0.1, 0.15) is 44.3 Å². The Labute approximate surface area is 128 Å². The molecule has 0 aliphatic heterocycles. The Hall–Kier alpha value is -1.07. The normalized spacial score (nSPS) is 11.9. The minimum atomic E-state index is -0.405. The van der Waals surface area contributed by atoms with Gasteiger partial charge in [0.1, 0.15) is 6.10 Å². The fourth-order valence-corrected chi connectivity index (χ4v) is 2.37. The first kappa shape index (κ1) is 17.0. The third-order valence-corrected chi connectivity index (χ3v) is 3.65. The maximum Gasteiger partial charge on any atom is 0.407 e. The molecule has 0 bridgehead atoms. The van der Waals surface area contributed by atoms with E-state index < -0.39 is 6.09 Å². The van der Waals surface area contributed by atoms with Crippen LogP contribution < -0.4 is 5.32 Å². The van der Waals surface area contributed by atoms with E-state index in [1.165, 1.54) is 0 Å². The van der Waals surface area contributed by atoms with Gasteiger partial charge in [0.25, 0.3) is 0 Å². The summed E-state index contributed by atoms with van der Waals surface area (Å²) in [5, 5.41) is 11.7. The van der Waals surface area contributed by atoms with Crippen molar-refractivity contribution in [2.24, 2.45) is 0 Å². The molecule has 0 aliphatic carbocycles. The van der Waals surface area contributed by atoms with Crippen molar-refractivity contribution in [1.82, 2.24) is 5.32 Å². The highest BCUT2D eigenvalue weighted by Gasteiger charge is 2.18. The largest absolute Gasteiger partial charge is 0.441 e. The third kappa shape index (κ3) is 5.92. The second-order valence-electron chi connectivity index (χ2n) is 4.56. The Kier molecular flexibility index (Phi) is 8.30. The standard InChI is InChI=1S/C15H22BrNO3/c1-2-3-10-17-15(19)20-14(9-6-11-18)12-7-4-5-8-13(12)16/h4-5,7-8,14,18H,2-3,6,9-11H2,1H3,(H,17,19). The van der Waals surface area contributed by atoms with Crippen molar-refractivity contribution in [2.45, 2.75) is 38.7 Å². The summed E-state index contributed by atoms with van der Waals surface area (Å²) in [6.07, 6.45) is 2.40. The average molecular weight is 344 g/mol. The van der Waals surface area contributed by atoms with Gasteiger partial charge in [0, 0.05) is 23.2 Å². The number of carbonyl (C=O) groups is 1. The Bertz CT molecular complexity index is 412. The quantitative estimate of drug-likeness (QED) is 0.706. The van der Waals surface area contributed by atoms with E-state index in [4.69, 9.17) is 9.84 Å². The van der Waals surface area contributed by atoms with Crippen LogP contribution in [0.5, 0.6) is 0 Å². The fourth-order valence-electron chi connectivity index (χ4n) is 1.83. The lowest BCUT2D eigenvalue weighted by atomic mass is 10.1. The zero-order chi connectivity index (χ0) is 14.8. The first-order valence-corrected chi connectivity index (χ1v) is 7.78. The summed E-state index contributed by atoms with van der Waals surface area (Å²) in [5.41, 5.74) is 0.923. The van der Waals surface area contributed by atoms with Gasteiger partial charge in [-0.05, 0) is 25.3 Å². The summed E-state index contributed by atoms with van der Waals surface area (Å²) in [5.74, 6) is 0. The van der Waals surface area contributed by atoms with Gasteiger partial charge in [0.15, 0.2) is 0 Å².